The van der Waals surface area contributed by atoms with E-state index in [1.54, 1.807) is 22.9 Å². The summed E-state index contributed by atoms with van der Waals surface area (Å²) in [5.41, 5.74) is 3.23. The smallest absolute Gasteiger partial charge is 0.278 e. The van der Waals surface area contributed by atoms with Crippen molar-refractivity contribution in [3.05, 3.63) is 107 Å². The maximum absolute atomic E-state index is 13.4. The van der Waals surface area contributed by atoms with Gasteiger partial charge in [-0.1, -0.05) is 50.2 Å². The Morgan fingerprint density at radius 2 is 1.76 bits per heavy atom. The van der Waals surface area contributed by atoms with Gasteiger partial charge in [-0.3, -0.25) is 14.2 Å². The van der Waals surface area contributed by atoms with Gasteiger partial charge in [-0.25, -0.2) is 9.97 Å². The van der Waals surface area contributed by atoms with Crippen molar-refractivity contribution in [2.45, 2.75) is 20.3 Å². The lowest BCUT2D eigenvalue weighted by atomic mass is 10.1. The number of nitrogens with one attached hydrogen (secondary N) is 1. The largest absolute Gasteiger partial charge is 0.322 e. The highest BCUT2D eigenvalue weighted by molar-refractivity contribution is 6.06. The van der Waals surface area contributed by atoms with Crippen molar-refractivity contribution in [2.75, 3.05) is 5.32 Å². The Morgan fingerprint density at radius 1 is 0.941 bits per heavy atom. The first-order chi connectivity index (χ1) is 16.5. The lowest BCUT2D eigenvalue weighted by Crippen LogP contribution is -2.26. The number of aromatic nitrogens is 3. The maximum Gasteiger partial charge on any atom is 0.278 e. The van der Waals surface area contributed by atoms with Crippen molar-refractivity contribution < 1.29 is 4.79 Å². The number of nitrogens with zero attached hydrogens (tertiary/aromatic N) is 3. The van der Waals surface area contributed by atoms with Gasteiger partial charge in [0.2, 0.25) is 0 Å². The Hall–Kier alpha value is -4.32. The molecular formula is C28H24N4O2. The molecule has 34 heavy (non-hydrogen) atoms. The fraction of sp³-hybridized carbons (Fsp3) is 0.143. The summed E-state index contributed by atoms with van der Waals surface area (Å²) in [6, 6.07) is 24.4. The summed E-state index contributed by atoms with van der Waals surface area (Å²) in [7, 11) is 0. The number of benzene rings is 3. The third-order valence-electron chi connectivity index (χ3n) is 5.66. The molecule has 5 rings (SSSR count). The van der Waals surface area contributed by atoms with Crippen LogP contribution in [0.3, 0.4) is 0 Å². The zero-order valence-electron chi connectivity index (χ0n) is 19.0. The molecule has 0 saturated carbocycles. The van der Waals surface area contributed by atoms with Gasteiger partial charge >= 0.3 is 0 Å². The van der Waals surface area contributed by atoms with Crippen LogP contribution in [0.2, 0.25) is 0 Å². The van der Waals surface area contributed by atoms with Crippen molar-refractivity contribution in [1.82, 2.24) is 14.5 Å². The first-order valence-corrected chi connectivity index (χ1v) is 11.3. The van der Waals surface area contributed by atoms with Crippen LogP contribution < -0.4 is 10.9 Å². The predicted molar refractivity (Wildman–Crippen MR) is 136 cm³/mol. The Balaban J connectivity index is 1.53. The number of pyridine rings is 1. The molecular weight excluding hydrogens is 424 g/mol. The zero-order valence-corrected chi connectivity index (χ0v) is 19.0. The molecule has 0 aliphatic heterocycles. The number of hydrogen-bond acceptors (Lipinski definition) is 4. The maximum atomic E-state index is 13.4. The highest BCUT2D eigenvalue weighted by Gasteiger charge is 2.15. The van der Waals surface area contributed by atoms with Crippen molar-refractivity contribution in [2.24, 2.45) is 5.92 Å². The van der Waals surface area contributed by atoms with Gasteiger partial charge in [0, 0.05) is 17.4 Å². The molecule has 0 bridgehead atoms. The second-order valence-electron chi connectivity index (χ2n) is 8.71. The van der Waals surface area contributed by atoms with E-state index in [0.717, 1.165) is 10.8 Å². The summed E-state index contributed by atoms with van der Waals surface area (Å²) in [4.78, 5) is 35.3. The first kappa shape index (κ1) is 21.5. The van der Waals surface area contributed by atoms with Crippen LogP contribution in [-0.2, 0) is 6.42 Å². The average molecular weight is 449 g/mol. The third-order valence-corrected chi connectivity index (χ3v) is 5.66. The molecule has 168 valence electrons. The van der Waals surface area contributed by atoms with Gasteiger partial charge in [0.1, 0.15) is 11.2 Å². The molecule has 5 aromatic rings. The molecule has 1 amide bonds. The molecule has 6 heteroatoms. The van der Waals surface area contributed by atoms with Gasteiger partial charge in [-0.2, -0.15) is 0 Å². The van der Waals surface area contributed by atoms with Crippen LogP contribution in [0.25, 0.3) is 27.6 Å². The molecule has 0 radical (unpaired) electrons. The molecule has 3 aromatic carbocycles. The van der Waals surface area contributed by atoms with Crippen LogP contribution in [-0.4, -0.2) is 20.4 Å². The van der Waals surface area contributed by atoms with E-state index in [1.165, 1.54) is 0 Å². The monoisotopic (exact) mass is 448 g/mol. The van der Waals surface area contributed by atoms with Gasteiger partial charge in [-0.05, 0) is 65.6 Å². The van der Waals surface area contributed by atoms with Crippen LogP contribution >= 0.6 is 0 Å². The van der Waals surface area contributed by atoms with Crippen LogP contribution in [0, 0.1) is 5.92 Å². The standard InChI is InChI=1S/C28H24N4O2/c1-18(2)15-25-28(34)32(26-24(31-25)11-6-14-29-26)23-10-5-9-22(17-23)30-27(33)21-13-12-19-7-3-4-8-20(19)16-21/h3-14,16-18H,15H2,1-2H3,(H,30,33). The van der Waals surface area contributed by atoms with E-state index < -0.39 is 0 Å². The molecule has 0 aliphatic carbocycles. The van der Waals surface area contributed by atoms with Crippen LogP contribution in [0.4, 0.5) is 5.69 Å². The van der Waals surface area contributed by atoms with E-state index in [2.05, 4.69) is 29.1 Å². The SMILES string of the molecule is CC(C)Cc1nc2cccnc2n(-c2cccc(NC(=O)c3ccc4ccccc4c3)c2)c1=O. The number of anilines is 1. The Bertz CT molecular complexity index is 1590. The van der Waals surface area contributed by atoms with Crippen molar-refractivity contribution >= 4 is 33.5 Å². The summed E-state index contributed by atoms with van der Waals surface area (Å²) in [5.74, 6) is 0.0730. The summed E-state index contributed by atoms with van der Waals surface area (Å²) < 4.78 is 1.58. The second-order valence-corrected chi connectivity index (χ2v) is 8.71. The van der Waals surface area contributed by atoms with Crippen LogP contribution in [0.15, 0.2) is 89.9 Å². The first-order valence-electron chi connectivity index (χ1n) is 11.3. The molecule has 0 fully saturated rings. The molecule has 0 saturated heterocycles. The summed E-state index contributed by atoms with van der Waals surface area (Å²) in [5, 5.41) is 5.04. The van der Waals surface area contributed by atoms with Gasteiger partial charge < -0.3 is 5.32 Å². The summed E-state index contributed by atoms with van der Waals surface area (Å²) in [6.45, 7) is 4.11. The quantitative estimate of drug-likeness (QED) is 0.391. The highest BCUT2D eigenvalue weighted by Crippen LogP contribution is 2.20. The van der Waals surface area contributed by atoms with E-state index in [-0.39, 0.29) is 17.4 Å². The van der Waals surface area contributed by atoms with E-state index in [1.807, 2.05) is 66.7 Å². The zero-order chi connectivity index (χ0) is 23.7. The number of carbonyl (C=O) groups is 1. The second kappa shape index (κ2) is 8.90. The average Bonchev–Trinajstić information content (AvgIpc) is 2.84. The van der Waals surface area contributed by atoms with Gasteiger partial charge in [0.05, 0.1) is 5.69 Å². The third kappa shape index (κ3) is 4.18. The minimum Gasteiger partial charge on any atom is -0.322 e. The van der Waals surface area contributed by atoms with Crippen molar-refractivity contribution in [3.8, 4) is 5.69 Å². The Labute approximate surface area is 196 Å². The van der Waals surface area contributed by atoms with Crippen molar-refractivity contribution in [1.29, 1.82) is 0 Å². The Kier molecular flexibility index (Phi) is 5.64. The van der Waals surface area contributed by atoms with Crippen LogP contribution in [0.5, 0.6) is 0 Å². The van der Waals surface area contributed by atoms with Gasteiger partial charge in [0.15, 0.2) is 5.65 Å². The lowest BCUT2D eigenvalue weighted by Gasteiger charge is -2.14. The summed E-state index contributed by atoms with van der Waals surface area (Å²) in [6.07, 6.45) is 2.22. The van der Waals surface area contributed by atoms with Gasteiger partial charge in [0.25, 0.3) is 11.5 Å². The fourth-order valence-corrected chi connectivity index (χ4v) is 4.08. The molecule has 0 unspecified atom stereocenters. The molecule has 2 aromatic heterocycles. The molecule has 0 aliphatic rings. The highest BCUT2D eigenvalue weighted by atomic mass is 16.1. The normalized spacial score (nSPS) is 11.3. The topological polar surface area (TPSA) is 76.9 Å². The van der Waals surface area contributed by atoms with Gasteiger partial charge in [-0.15, -0.1) is 0 Å². The predicted octanol–water partition coefficient (Wildman–Crippen LogP) is 5.38. The summed E-state index contributed by atoms with van der Waals surface area (Å²) >= 11 is 0. The molecule has 2 heterocycles. The Morgan fingerprint density at radius 3 is 2.59 bits per heavy atom. The molecule has 6 nitrogen and oxygen atoms in total. The van der Waals surface area contributed by atoms with Crippen LogP contribution in [0.1, 0.15) is 29.9 Å². The number of carbonyl (C=O) groups excluding carboxylic acids is 1. The number of amides is 1. The van der Waals surface area contributed by atoms with E-state index in [9.17, 15) is 9.59 Å². The molecule has 0 atom stereocenters. The number of hydrogen-bond donors (Lipinski definition) is 1. The molecule has 1 N–H and O–H groups in total. The minimum atomic E-state index is -0.214. The van der Waals surface area contributed by atoms with Crippen molar-refractivity contribution in [3.63, 3.8) is 0 Å². The molecule has 0 spiro atoms. The number of rotatable bonds is 5. The number of fused-ring (bicyclic) bond motifs is 2. The van der Waals surface area contributed by atoms with E-state index in [0.29, 0.717) is 40.2 Å². The van der Waals surface area contributed by atoms with E-state index in [4.69, 9.17) is 0 Å². The minimum absolute atomic E-state index is 0.196. The fourth-order valence-electron chi connectivity index (χ4n) is 4.08. The lowest BCUT2D eigenvalue weighted by molar-refractivity contribution is 0.102. The van der Waals surface area contributed by atoms with E-state index >= 15 is 0 Å².